The van der Waals surface area contributed by atoms with Gasteiger partial charge in [-0.15, -0.1) is 61.2 Å². The standard InChI is InChI=1S/3C12H8N6.2CH4O.4NO3.2Zn/c3*1-3-9(7-13-5-1)11-15-17-12(18-16-11)10-4-2-6-14-8-10;2*1-2;4*2-1(3)4;;/h3*1-8H;2*2H,1H3;;;;;;/q;;;;;4*-1;2*+2. The maximum atomic E-state index is 8.25. The van der Waals surface area contributed by atoms with Gasteiger partial charge in [0, 0.05) is 122 Å². The van der Waals surface area contributed by atoms with Crippen molar-refractivity contribution in [3.8, 4) is 68.3 Å². The van der Waals surface area contributed by atoms with Gasteiger partial charge >= 0.3 is 39.0 Å². The van der Waals surface area contributed by atoms with Gasteiger partial charge < -0.3 is 71.5 Å². The van der Waals surface area contributed by atoms with E-state index in [1.807, 2.05) is 72.8 Å². The molecule has 0 radical (unpaired) electrons. The second kappa shape index (κ2) is 41.3. The van der Waals surface area contributed by atoms with Crippen LogP contribution in [0.25, 0.3) is 68.3 Å². The first-order chi connectivity index (χ1) is 35.7. The van der Waals surface area contributed by atoms with Crippen molar-refractivity contribution in [1.82, 2.24) is 91.1 Å². The third-order valence-electron chi connectivity index (χ3n) is 6.96. The molecule has 0 atom stereocenters. The van der Waals surface area contributed by atoms with E-state index < -0.39 is 20.3 Å². The predicted octanol–water partition coefficient (Wildman–Crippen LogP) is 2.43. The van der Waals surface area contributed by atoms with Gasteiger partial charge in [-0.3, -0.25) is 29.9 Å². The van der Waals surface area contributed by atoms with E-state index >= 15 is 0 Å². The van der Waals surface area contributed by atoms with Crippen LogP contribution in [0.5, 0.6) is 0 Å². The summed E-state index contributed by atoms with van der Waals surface area (Å²) in [4.78, 5) is 57.0. The molecule has 0 aliphatic heterocycles. The maximum Gasteiger partial charge on any atom is 2.00 e. The topological polar surface area (TPSA) is 537 Å². The first kappa shape index (κ1) is 67.8. The SMILES string of the molecule is CO.CO.O=[N+]([O-])[O-].O=[N+]([O-])[O-].O=[N+]([O-])[O-].O=[N+]([O-])[O-].[Zn+2].[Zn+2].c1cncc(-c2nnc(-c3cccnc3)nn2)c1.c1cncc(-c2nnc(-c3cccnc3)nn2)c1.c1cncc(-c2nnc(-c3cccnc3)nn2)c1. The summed E-state index contributed by atoms with van der Waals surface area (Å²) in [5.41, 5.74) is 4.72. The van der Waals surface area contributed by atoms with E-state index in [2.05, 4.69) is 91.1 Å². The first-order valence-electron chi connectivity index (χ1n) is 19.0. The largest absolute Gasteiger partial charge is 2.00 e. The molecule has 0 amide bonds. The normalized spacial score (nSPS) is 8.68. The molecule has 0 saturated carbocycles. The molecule has 0 saturated heterocycles. The second-order valence-corrected chi connectivity index (χ2v) is 11.5. The number of aliphatic hydroxyl groups excluding tert-OH is 2. The number of hydrogen-bond acceptors (Lipinski definition) is 32. The Hall–Kier alpha value is -10.3. The van der Waals surface area contributed by atoms with E-state index in [0.29, 0.717) is 34.9 Å². The second-order valence-electron chi connectivity index (χ2n) is 11.5. The fraction of sp³-hybridized carbons (Fsp3) is 0.0526. The minimum atomic E-state index is -1.75. The van der Waals surface area contributed by atoms with Gasteiger partial charge in [0.2, 0.25) is 34.9 Å². The number of nitrogens with zero attached hydrogens (tertiary/aromatic N) is 22. The molecule has 9 heterocycles. The van der Waals surface area contributed by atoms with Gasteiger partial charge in [0.15, 0.2) is 0 Å². The predicted molar refractivity (Wildman–Crippen MR) is 250 cm³/mol. The Kier molecular flexibility index (Phi) is 36.8. The van der Waals surface area contributed by atoms with Gasteiger partial charge in [-0.2, -0.15) is 0 Å². The zero-order valence-electron chi connectivity index (χ0n) is 38.9. The smallest absolute Gasteiger partial charge is 0.400 e. The molecule has 76 heavy (non-hydrogen) atoms. The van der Waals surface area contributed by atoms with Gasteiger partial charge in [0.05, 0.1) is 20.3 Å². The summed E-state index contributed by atoms with van der Waals surface area (Å²) in [6.07, 6.45) is 20.1. The number of aromatic nitrogens is 18. The fourth-order valence-electron chi connectivity index (χ4n) is 4.35. The molecule has 0 fully saturated rings. The molecule has 9 rings (SSSR count). The number of pyridine rings is 6. The summed E-state index contributed by atoms with van der Waals surface area (Å²) in [5.74, 6) is 2.73. The summed E-state index contributed by atoms with van der Waals surface area (Å²) in [5, 5.41) is 121. The van der Waals surface area contributed by atoms with Crippen molar-refractivity contribution >= 4 is 0 Å². The van der Waals surface area contributed by atoms with Crippen molar-refractivity contribution in [3.63, 3.8) is 0 Å². The summed E-state index contributed by atoms with van der Waals surface area (Å²) in [6.45, 7) is 0. The first-order valence-corrected chi connectivity index (χ1v) is 19.0. The van der Waals surface area contributed by atoms with Crippen molar-refractivity contribution < 1.29 is 69.5 Å². The third kappa shape index (κ3) is 29.8. The maximum absolute atomic E-state index is 8.25. The zero-order valence-corrected chi connectivity index (χ0v) is 44.8. The van der Waals surface area contributed by atoms with E-state index in [-0.39, 0.29) is 39.0 Å². The molecule has 9 aromatic heterocycles. The van der Waals surface area contributed by atoms with Crippen molar-refractivity contribution in [2.75, 3.05) is 14.2 Å². The number of aliphatic hydroxyl groups is 2. The van der Waals surface area contributed by atoms with Crippen molar-refractivity contribution in [2.24, 2.45) is 0 Å². The van der Waals surface area contributed by atoms with Crippen molar-refractivity contribution in [2.45, 2.75) is 0 Å². The number of rotatable bonds is 6. The summed E-state index contributed by atoms with van der Waals surface area (Å²) >= 11 is 0. The Morgan fingerprint density at radius 2 is 0.382 bits per heavy atom. The number of hydrogen-bond donors (Lipinski definition) is 2. The molecule has 0 spiro atoms. The molecule has 0 aliphatic rings. The molecule has 38 heteroatoms. The monoisotopic (exact) mass is 1150 g/mol. The summed E-state index contributed by atoms with van der Waals surface area (Å²) in [6, 6.07) is 22.0. The molecular weight excluding hydrogens is 1120 g/mol. The van der Waals surface area contributed by atoms with Gasteiger partial charge in [-0.25, -0.2) is 0 Å². The van der Waals surface area contributed by atoms with Gasteiger partial charge in [0.1, 0.15) is 0 Å². The van der Waals surface area contributed by atoms with E-state index in [1.165, 1.54) is 0 Å². The molecule has 0 bridgehead atoms. The minimum absolute atomic E-state index is 0. The van der Waals surface area contributed by atoms with Gasteiger partial charge in [0.25, 0.3) is 0 Å². The van der Waals surface area contributed by atoms with Crippen LogP contribution in [0, 0.1) is 61.3 Å². The van der Waals surface area contributed by atoms with E-state index in [1.54, 1.807) is 74.4 Å². The quantitative estimate of drug-likeness (QED) is 0.137. The van der Waals surface area contributed by atoms with Gasteiger partial charge in [-0.05, 0) is 72.8 Å². The summed E-state index contributed by atoms with van der Waals surface area (Å²) < 4.78 is 0. The molecule has 36 nitrogen and oxygen atoms in total. The van der Waals surface area contributed by atoms with Crippen LogP contribution in [0.1, 0.15) is 0 Å². The average Bonchev–Trinajstić information content (AvgIpc) is 3.43. The molecule has 382 valence electrons. The average molecular weight is 1150 g/mol. The van der Waals surface area contributed by atoms with Crippen LogP contribution in [-0.4, -0.2) is 136 Å². The molecular formula is C38H32N22O14Zn2. The Bertz CT molecular complexity index is 2400. The minimum Gasteiger partial charge on any atom is -0.400 e. The zero-order chi connectivity index (χ0) is 54.9. The van der Waals surface area contributed by atoms with E-state index in [4.69, 9.17) is 71.5 Å². The van der Waals surface area contributed by atoms with E-state index in [9.17, 15) is 0 Å². The van der Waals surface area contributed by atoms with Crippen molar-refractivity contribution in [3.05, 3.63) is 208 Å². The van der Waals surface area contributed by atoms with Crippen LogP contribution >= 0.6 is 0 Å². The van der Waals surface area contributed by atoms with Crippen LogP contribution < -0.4 is 0 Å². The third-order valence-corrected chi connectivity index (χ3v) is 6.96. The van der Waals surface area contributed by atoms with Gasteiger partial charge in [-0.1, -0.05) is 0 Å². The van der Waals surface area contributed by atoms with Crippen LogP contribution in [-0.2, 0) is 39.0 Å². The molecule has 9 aromatic rings. The molecule has 0 aliphatic carbocycles. The van der Waals surface area contributed by atoms with Crippen molar-refractivity contribution in [1.29, 1.82) is 0 Å². The summed E-state index contributed by atoms with van der Waals surface area (Å²) in [7, 11) is 2.00. The molecule has 0 aromatic carbocycles. The molecule has 0 unspecified atom stereocenters. The van der Waals surface area contributed by atoms with Crippen LogP contribution in [0.4, 0.5) is 0 Å². The fourth-order valence-corrected chi connectivity index (χ4v) is 4.35. The Morgan fingerprint density at radius 3 is 0.461 bits per heavy atom. The van der Waals surface area contributed by atoms with Crippen LogP contribution in [0.15, 0.2) is 147 Å². The Morgan fingerprint density at radius 1 is 0.276 bits per heavy atom. The van der Waals surface area contributed by atoms with E-state index in [0.717, 1.165) is 47.6 Å². The van der Waals surface area contributed by atoms with Crippen LogP contribution in [0.2, 0.25) is 0 Å². The molecule has 2 N–H and O–H groups in total. The Labute approximate surface area is 449 Å². The Balaban J connectivity index is 0. The van der Waals surface area contributed by atoms with Crippen LogP contribution in [0.3, 0.4) is 0 Å².